The van der Waals surface area contributed by atoms with E-state index in [1.54, 1.807) is 6.08 Å². The molecule has 11 nitrogen and oxygen atoms in total. The number of ether oxygens (including phenoxy) is 3. The number of hydrogen-bond donors (Lipinski definition) is 6. The Morgan fingerprint density at radius 1 is 0.364 bits per heavy atom. The second-order valence-electron chi connectivity index (χ2n) is 31.0. The summed E-state index contributed by atoms with van der Waals surface area (Å²) in [6.45, 7) is 4.42. The number of aliphatic hydroxyl groups excluding tert-OH is 5. The summed E-state index contributed by atoms with van der Waals surface area (Å²) in [5.41, 5.74) is 0. The summed E-state index contributed by atoms with van der Waals surface area (Å²) >= 11 is 0. The highest BCUT2D eigenvalue weighted by Crippen LogP contribution is 2.24. The average molecular weight is 1400 g/mol. The van der Waals surface area contributed by atoms with Crippen molar-refractivity contribution in [1.82, 2.24) is 5.32 Å². The standard InChI is InChI=1S/C88H169NO10/c1-3-5-7-9-11-13-15-17-19-20-45-48-52-56-60-64-68-72-76-84(93)97-77-73-69-65-61-57-53-49-46-43-41-39-37-35-33-31-29-27-25-23-21-22-24-26-28-30-32-34-36-38-40-42-44-47-51-55-59-63-67-71-75-83(92)89-80(79-98-88-87(96)86(95)85(94)82(78-90)99-88)81(91)74-70-66-62-58-54-50-18-16-14-12-10-8-6-4-2/h21-22,70,74,80-82,85-88,90-91,94-96H,3-20,23-69,71-73,75-79H2,1-2H3,(H,89,92)/b22-21-,74-70+. The smallest absolute Gasteiger partial charge is 0.305 e. The Bertz CT molecular complexity index is 1690. The van der Waals surface area contributed by atoms with Crippen LogP contribution in [0.1, 0.15) is 463 Å². The molecule has 1 aliphatic rings. The van der Waals surface area contributed by atoms with Crippen LogP contribution in [0, 0.1) is 0 Å². The molecule has 0 radical (unpaired) electrons. The Balaban J connectivity index is 1.86. The number of unbranched alkanes of at least 4 members (excludes halogenated alkanes) is 64. The number of rotatable bonds is 80. The fraction of sp³-hybridized carbons (Fsp3) is 0.932. The van der Waals surface area contributed by atoms with E-state index in [1.165, 1.54) is 385 Å². The minimum Gasteiger partial charge on any atom is -0.466 e. The van der Waals surface area contributed by atoms with Crippen LogP contribution < -0.4 is 5.32 Å². The van der Waals surface area contributed by atoms with Gasteiger partial charge in [-0.25, -0.2) is 0 Å². The fourth-order valence-electron chi connectivity index (χ4n) is 14.4. The first-order valence-corrected chi connectivity index (χ1v) is 44.1. The third-order valence-corrected chi connectivity index (χ3v) is 21.3. The quantitative estimate of drug-likeness (QED) is 0.0195. The molecule has 0 aromatic rings. The van der Waals surface area contributed by atoms with E-state index >= 15 is 0 Å². The van der Waals surface area contributed by atoms with Gasteiger partial charge in [0.2, 0.25) is 5.91 Å². The Morgan fingerprint density at radius 3 is 0.970 bits per heavy atom. The molecule has 0 aromatic carbocycles. The van der Waals surface area contributed by atoms with Gasteiger partial charge >= 0.3 is 5.97 Å². The number of aliphatic hydroxyl groups is 5. The van der Waals surface area contributed by atoms with Gasteiger partial charge in [-0.1, -0.05) is 417 Å². The van der Waals surface area contributed by atoms with Crippen molar-refractivity contribution < 1.29 is 49.3 Å². The SMILES string of the molecule is CCCCCCCCCCCCCC/C=C/C(O)C(COC1OC(CO)C(O)C(O)C1O)NC(=O)CCCCCCCCCCCCCCCCCCC/C=C\CCCCCCCCCCCCCCCCCCCCOC(=O)CCCCCCCCCCCCCCCCCCCC. The van der Waals surface area contributed by atoms with E-state index < -0.39 is 49.5 Å². The monoisotopic (exact) mass is 1400 g/mol. The molecule has 1 heterocycles. The van der Waals surface area contributed by atoms with Gasteiger partial charge in [0.25, 0.3) is 0 Å². The van der Waals surface area contributed by atoms with Crippen LogP contribution in [0.15, 0.2) is 24.3 Å². The highest BCUT2D eigenvalue weighted by Gasteiger charge is 2.44. The molecule has 0 aliphatic carbocycles. The largest absolute Gasteiger partial charge is 0.466 e. The van der Waals surface area contributed by atoms with Crippen molar-refractivity contribution in [2.24, 2.45) is 0 Å². The normalized spacial score (nSPS) is 17.2. The van der Waals surface area contributed by atoms with Crippen molar-refractivity contribution in [2.45, 2.75) is 506 Å². The number of amides is 1. The second kappa shape index (κ2) is 77.2. The van der Waals surface area contributed by atoms with Gasteiger partial charge in [0, 0.05) is 12.8 Å². The van der Waals surface area contributed by atoms with E-state index in [4.69, 9.17) is 14.2 Å². The maximum Gasteiger partial charge on any atom is 0.305 e. The number of nitrogens with one attached hydrogen (secondary N) is 1. The summed E-state index contributed by atoms with van der Waals surface area (Å²) in [6.07, 6.45) is 91.0. The van der Waals surface area contributed by atoms with Gasteiger partial charge in [0.05, 0.1) is 32.0 Å². The molecule has 1 saturated heterocycles. The molecule has 0 spiro atoms. The number of allylic oxidation sites excluding steroid dienone is 3. The zero-order valence-corrected chi connectivity index (χ0v) is 65.7. The molecule has 0 saturated carbocycles. The number of esters is 1. The van der Waals surface area contributed by atoms with Gasteiger partial charge in [-0.2, -0.15) is 0 Å². The molecule has 6 N–H and O–H groups in total. The van der Waals surface area contributed by atoms with Gasteiger partial charge in [-0.15, -0.1) is 0 Å². The van der Waals surface area contributed by atoms with Gasteiger partial charge in [-0.3, -0.25) is 9.59 Å². The Kier molecular flexibility index (Phi) is 74.2. The van der Waals surface area contributed by atoms with Crippen LogP contribution in [-0.2, 0) is 23.8 Å². The second-order valence-corrected chi connectivity index (χ2v) is 31.0. The molecule has 586 valence electrons. The lowest BCUT2D eigenvalue weighted by atomic mass is 9.99. The molecule has 7 atom stereocenters. The van der Waals surface area contributed by atoms with Crippen LogP contribution in [0.4, 0.5) is 0 Å². The van der Waals surface area contributed by atoms with Crippen LogP contribution in [0.3, 0.4) is 0 Å². The molecule has 1 amide bonds. The first-order chi connectivity index (χ1) is 48.7. The van der Waals surface area contributed by atoms with Crippen LogP contribution >= 0.6 is 0 Å². The van der Waals surface area contributed by atoms with Gasteiger partial charge in [0.15, 0.2) is 6.29 Å². The highest BCUT2D eigenvalue weighted by molar-refractivity contribution is 5.76. The van der Waals surface area contributed by atoms with Crippen molar-refractivity contribution in [1.29, 1.82) is 0 Å². The number of hydrogen-bond acceptors (Lipinski definition) is 10. The van der Waals surface area contributed by atoms with Gasteiger partial charge < -0.3 is 45.1 Å². The van der Waals surface area contributed by atoms with E-state index in [-0.39, 0.29) is 18.5 Å². The van der Waals surface area contributed by atoms with Crippen molar-refractivity contribution in [2.75, 3.05) is 19.8 Å². The highest BCUT2D eigenvalue weighted by atomic mass is 16.7. The fourth-order valence-corrected chi connectivity index (χ4v) is 14.4. The maximum atomic E-state index is 13.1. The molecule has 11 heteroatoms. The molecule has 1 rings (SSSR count). The topological polar surface area (TPSA) is 175 Å². The van der Waals surface area contributed by atoms with Crippen molar-refractivity contribution in [3.63, 3.8) is 0 Å². The summed E-state index contributed by atoms with van der Waals surface area (Å²) in [7, 11) is 0. The van der Waals surface area contributed by atoms with Crippen LogP contribution in [0.5, 0.6) is 0 Å². The van der Waals surface area contributed by atoms with E-state index in [0.29, 0.717) is 19.4 Å². The Hall–Kier alpha value is -1.86. The van der Waals surface area contributed by atoms with Gasteiger partial charge in [0.1, 0.15) is 24.4 Å². The van der Waals surface area contributed by atoms with Crippen molar-refractivity contribution in [3.05, 3.63) is 24.3 Å². The summed E-state index contributed by atoms with van der Waals surface area (Å²) in [6, 6.07) is -0.807. The Labute approximate surface area is 613 Å². The lowest BCUT2D eigenvalue weighted by molar-refractivity contribution is -0.302. The molecule has 0 bridgehead atoms. The van der Waals surface area contributed by atoms with E-state index in [2.05, 4.69) is 31.3 Å². The lowest BCUT2D eigenvalue weighted by Gasteiger charge is -2.40. The van der Waals surface area contributed by atoms with Crippen molar-refractivity contribution in [3.8, 4) is 0 Å². The van der Waals surface area contributed by atoms with Gasteiger partial charge in [-0.05, 0) is 57.8 Å². The average Bonchev–Trinajstić information content (AvgIpc) is 0.825. The van der Waals surface area contributed by atoms with Crippen LogP contribution in [0.2, 0.25) is 0 Å². The summed E-state index contributed by atoms with van der Waals surface area (Å²) in [4.78, 5) is 25.3. The van der Waals surface area contributed by atoms with E-state index in [0.717, 1.165) is 51.4 Å². The first-order valence-electron chi connectivity index (χ1n) is 44.1. The zero-order chi connectivity index (χ0) is 71.5. The molecular formula is C88H169NO10. The number of carbonyl (C=O) groups is 2. The predicted octanol–water partition coefficient (Wildman–Crippen LogP) is 24.7. The third-order valence-electron chi connectivity index (χ3n) is 21.3. The molecule has 0 aromatic heterocycles. The van der Waals surface area contributed by atoms with Crippen LogP contribution in [-0.4, -0.2) is 100 Å². The van der Waals surface area contributed by atoms with Crippen molar-refractivity contribution >= 4 is 11.9 Å². The Morgan fingerprint density at radius 2 is 0.646 bits per heavy atom. The summed E-state index contributed by atoms with van der Waals surface area (Å²) < 4.78 is 16.8. The minimum atomic E-state index is -1.57. The molecule has 99 heavy (non-hydrogen) atoms. The molecular weight excluding hydrogens is 1230 g/mol. The predicted molar refractivity (Wildman–Crippen MR) is 421 cm³/mol. The van der Waals surface area contributed by atoms with E-state index in [9.17, 15) is 35.1 Å². The maximum absolute atomic E-state index is 13.1. The summed E-state index contributed by atoms with van der Waals surface area (Å²) in [5, 5.41) is 54.7. The minimum absolute atomic E-state index is 0.0224. The lowest BCUT2D eigenvalue weighted by Crippen LogP contribution is -2.60. The molecule has 1 aliphatic heterocycles. The number of carbonyl (C=O) groups excluding carboxylic acids is 2. The van der Waals surface area contributed by atoms with E-state index in [1.807, 2.05) is 6.08 Å². The zero-order valence-electron chi connectivity index (χ0n) is 65.7. The summed E-state index contributed by atoms with van der Waals surface area (Å²) in [5.74, 6) is -0.151. The molecule has 1 fully saturated rings. The third kappa shape index (κ3) is 65.4. The van der Waals surface area contributed by atoms with Crippen LogP contribution in [0.25, 0.3) is 0 Å². The molecule has 7 unspecified atom stereocenters. The first kappa shape index (κ1) is 95.2.